The van der Waals surface area contributed by atoms with E-state index in [0.29, 0.717) is 19.1 Å². The van der Waals surface area contributed by atoms with Crippen molar-refractivity contribution < 1.29 is 23.7 Å². The molecule has 2 aliphatic heterocycles. The van der Waals surface area contributed by atoms with Gasteiger partial charge in [-0.2, -0.15) is 0 Å². The zero-order chi connectivity index (χ0) is 20.8. The number of allylic oxidation sites excluding steroid dienone is 1. The molecule has 0 spiro atoms. The molecule has 3 unspecified atom stereocenters. The van der Waals surface area contributed by atoms with E-state index in [1.54, 1.807) is 0 Å². The Kier molecular flexibility index (Phi) is 5.23. The Morgan fingerprint density at radius 1 is 1.28 bits per heavy atom. The molecular weight excluding hydrogens is 370 g/mol. The molecule has 1 saturated heterocycles. The van der Waals surface area contributed by atoms with E-state index in [4.69, 9.17) is 18.9 Å². The van der Waals surface area contributed by atoms with Crippen molar-refractivity contribution in [2.75, 3.05) is 20.0 Å². The fourth-order valence-electron chi connectivity index (χ4n) is 5.13. The van der Waals surface area contributed by atoms with Gasteiger partial charge in [0, 0.05) is 17.4 Å². The minimum atomic E-state index is -0.366. The summed E-state index contributed by atoms with van der Waals surface area (Å²) in [5, 5.41) is 2.81. The molecule has 2 bridgehead atoms. The Bertz CT molecular complexity index is 819. The SMILES string of the molecule is CC1=CC(C)[C@]2(COC(=O)NC(C)C)COC(c3ccc4c(c3)OCO4)C1[C@@H]2C. The van der Waals surface area contributed by atoms with Crippen LogP contribution in [0.5, 0.6) is 11.5 Å². The van der Waals surface area contributed by atoms with Crippen molar-refractivity contribution in [1.29, 1.82) is 0 Å². The Morgan fingerprint density at radius 2 is 2.03 bits per heavy atom. The first kappa shape index (κ1) is 20.1. The molecule has 4 rings (SSSR count). The molecule has 5 atom stereocenters. The third-order valence-electron chi connectivity index (χ3n) is 6.85. The molecule has 3 aliphatic rings. The molecule has 1 N–H and O–H groups in total. The second-order valence-electron chi connectivity index (χ2n) is 8.97. The van der Waals surface area contributed by atoms with Crippen LogP contribution in [0.15, 0.2) is 29.8 Å². The van der Waals surface area contributed by atoms with Crippen LogP contribution in [0.4, 0.5) is 4.79 Å². The lowest BCUT2D eigenvalue weighted by molar-refractivity contribution is -0.165. The lowest BCUT2D eigenvalue weighted by Gasteiger charge is -2.55. The van der Waals surface area contributed by atoms with Crippen LogP contribution in [0.1, 0.15) is 46.3 Å². The molecule has 2 heterocycles. The summed E-state index contributed by atoms with van der Waals surface area (Å²) in [5.74, 6) is 2.34. The molecule has 0 radical (unpaired) electrons. The summed E-state index contributed by atoms with van der Waals surface area (Å²) in [6, 6.07) is 6.10. The van der Waals surface area contributed by atoms with E-state index in [1.165, 1.54) is 5.57 Å². The average molecular weight is 402 g/mol. The quantitative estimate of drug-likeness (QED) is 0.755. The Hall–Kier alpha value is -2.21. The van der Waals surface area contributed by atoms with Crippen LogP contribution in [-0.2, 0) is 9.47 Å². The van der Waals surface area contributed by atoms with Crippen LogP contribution < -0.4 is 14.8 Å². The highest BCUT2D eigenvalue weighted by Gasteiger charge is 2.54. The number of carbonyl (C=O) groups is 1. The maximum Gasteiger partial charge on any atom is 0.407 e. The maximum atomic E-state index is 12.1. The second-order valence-corrected chi connectivity index (χ2v) is 8.97. The minimum absolute atomic E-state index is 0.0501. The van der Waals surface area contributed by atoms with Gasteiger partial charge >= 0.3 is 6.09 Å². The molecular formula is C23H31NO5. The van der Waals surface area contributed by atoms with Crippen LogP contribution in [0.25, 0.3) is 0 Å². The van der Waals surface area contributed by atoms with Gasteiger partial charge in [-0.05, 0) is 50.3 Å². The summed E-state index contributed by atoms with van der Waals surface area (Å²) >= 11 is 0. The van der Waals surface area contributed by atoms with Crippen LogP contribution in [0, 0.1) is 23.2 Å². The largest absolute Gasteiger partial charge is 0.454 e. The van der Waals surface area contributed by atoms with Crippen LogP contribution in [-0.4, -0.2) is 32.1 Å². The highest BCUT2D eigenvalue weighted by Crippen LogP contribution is 2.56. The van der Waals surface area contributed by atoms with E-state index < -0.39 is 0 Å². The van der Waals surface area contributed by atoms with Crippen molar-refractivity contribution in [1.82, 2.24) is 5.32 Å². The Balaban J connectivity index is 1.58. The molecule has 158 valence electrons. The second kappa shape index (κ2) is 7.56. The number of amides is 1. The molecule has 1 amide bonds. The number of hydrogen-bond donors (Lipinski definition) is 1. The van der Waals surface area contributed by atoms with Gasteiger partial charge in [-0.1, -0.05) is 31.6 Å². The first-order valence-electron chi connectivity index (χ1n) is 10.4. The van der Waals surface area contributed by atoms with Gasteiger partial charge in [-0.15, -0.1) is 0 Å². The molecule has 1 aromatic rings. The van der Waals surface area contributed by atoms with Crippen molar-refractivity contribution in [3.05, 3.63) is 35.4 Å². The normalized spacial score (nSPS) is 32.7. The van der Waals surface area contributed by atoms with Crippen LogP contribution in [0.3, 0.4) is 0 Å². The molecule has 0 saturated carbocycles. The number of hydrogen-bond acceptors (Lipinski definition) is 5. The molecule has 6 heteroatoms. The summed E-state index contributed by atoms with van der Waals surface area (Å²) in [6.07, 6.45) is 1.91. The fraction of sp³-hybridized carbons (Fsp3) is 0.609. The zero-order valence-corrected chi connectivity index (χ0v) is 17.9. The predicted molar refractivity (Wildman–Crippen MR) is 109 cm³/mol. The maximum absolute atomic E-state index is 12.1. The number of benzene rings is 1. The van der Waals surface area contributed by atoms with Crippen molar-refractivity contribution in [2.45, 2.75) is 46.8 Å². The molecule has 6 nitrogen and oxygen atoms in total. The minimum Gasteiger partial charge on any atom is -0.454 e. The number of fused-ring (bicyclic) bond motifs is 3. The summed E-state index contributed by atoms with van der Waals surface area (Å²) < 4.78 is 23.1. The average Bonchev–Trinajstić information content (AvgIpc) is 3.12. The molecule has 1 aliphatic carbocycles. The third-order valence-corrected chi connectivity index (χ3v) is 6.85. The standard InChI is InChI=1S/C23H31NO5/c1-13(2)24-22(25)27-11-23-10-26-21(20(16(23)5)14(3)8-15(23)4)17-6-7-18-19(9-17)29-12-28-18/h6-9,13,15-16,20-21H,10-12H2,1-5H3,(H,24,25)/t15?,16-,20?,21?,23+/m0/s1. The number of carbonyl (C=O) groups excluding carboxylic acids is 1. The van der Waals surface area contributed by atoms with Gasteiger partial charge in [-0.3, -0.25) is 0 Å². The Labute approximate surface area is 172 Å². The number of rotatable bonds is 4. The summed E-state index contributed by atoms with van der Waals surface area (Å²) in [6.45, 7) is 11.7. The molecule has 0 aromatic heterocycles. The number of nitrogens with one attached hydrogen (secondary N) is 1. The summed E-state index contributed by atoms with van der Waals surface area (Å²) in [5.41, 5.74) is 2.20. The topological polar surface area (TPSA) is 66.0 Å². The first-order chi connectivity index (χ1) is 13.8. The van der Waals surface area contributed by atoms with Gasteiger partial charge in [0.2, 0.25) is 6.79 Å². The van der Waals surface area contributed by atoms with E-state index in [-0.39, 0.29) is 42.3 Å². The van der Waals surface area contributed by atoms with Gasteiger partial charge in [0.05, 0.1) is 12.7 Å². The molecule has 1 aromatic carbocycles. The monoisotopic (exact) mass is 401 g/mol. The highest BCUT2D eigenvalue weighted by atomic mass is 16.7. The summed E-state index contributed by atoms with van der Waals surface area (Å²) in [4.78, 5) is 12.1. The van der Waals surface area contributed by atoms with E-state index in [9.17, 15) is 4.79 Å². The molecule has 1 fully saturated rings. The summed E-state index contributed by atoms with van der Waals surface area (Å²) in [7, 11) is 0. The van der Waals surface area contributed by atoms with Gasteiger partial charge in [0.25, 0.3) is 0 Å². The van der Waals surface area contributed by atoms with E-state index >= 15 is 0 Å². The van der Waals surface area contributed by atoms with Crippen molar-refractivity contribution in [3.63, 3.8) is 0 Å². The lowest BCUT2D eigenvalue weighted by Crippen LogP contribution is -2.55. The predicted octanol–water partition coefficient (Wildman–Crippen LogP) is 4.46. The van der Waals surface area contributed by atoms with E-state index in [1.807, 2.05) is 26.0 Å². The number of ether oxygens (including phenoxy) is 4. The van der Waals surface area contributed by atoms with Gasteiger partial charge in [-0.25, -0.2) is 4.79 Å². The third kappa shape index (κ3) is 3.48. The van der Waals surface area contributed by atoms with E-state index in [2.05, 4.69) is 38.2 Å². The van der Waals surface area contributed by atoms with Gasteiger partial charge in [0.1, 0.15) is 6.61 Å². The smallest absolute Gasteiger partial charge is 0.407 e. The van der Waals surface area contributed by atoms with Crippen molar-refractivity contribution in [3.8, 4) is 11.5 Å². The van der Waals surface area contributed by atoms with Gasteiger partial charge in [0.15, 0.2) is 11.5 Å². The first-order valence-corrected chi connectivity index (χ1v) is 10.4. The lowest BCUT2D eigenvalue weighted by atomic mass is 9.56. The van der Waals surface area contributed by atoms with E-state index in [0.717, 1.165) is 17.1 Å². The van der Waals surface area contributed by atoms with Crippen molar-refractivity contribution >= 4 is 6.09 Å². The van der Waals surface area contributed by atoms with Crippen LogP contribution in [0.2, 0.25) is 0 Å². The van der Waals surface area contributed by atoms with Gasteiger partial charge < -0.3 is 24.3 Å². The van der Waals surface area contributed by atoms with Crippen molar-refractivity contribution in [2.24, 2.45) is 23.2 Å². The number of alkyl carbamates (subject to hydrolysis) is 1. The van der Waals surface area contributed by atoms with Crippen LogP contribution >= 0.6 is 0 Å². The molecule has 29 heavy (non-hydrogen) atoms. The zero-order valence-electron chi connectivity index (χ0n) is 17.9. The highest BCUT2D eigenvalue weighted by molar-refractivity contribution is 5.67. The fourth-order valence-corrected chi connectivity index (χ4v) is 5.13. The Morgan fingerprint density at radius 3 is 2.79 bits per heavy atom.